The number of rotatable bonds is 6. The molecule has 0 spiro atoms. The fourth-order valence-electron chi connectivity index (χ4n) is 1.25. The molecule has 1 aromatic rings. The summed E-state index contributed by atoms with van der Waals surface area (Å²) >= 11 is 0. The minimum absolute atomic E-state index is 0. The van der Waals surface area contributed by atoms with Crippen molar-refractivity contribution in [2.75, 3.05) is 6.54 Å². The summed E-state index contributed by atoms with van der Waals surface area (Å²) in [6.07, 6.45) is 8.25. The standard InChI is InChI=1S/C13H17N.ClH/c1-2-14-12-8-4-7-11-13-9-5-3-6-10-13;/h2-6,8-10,14H,1,7,11-12H2;1H. The topological polar surface area (TPSA) is 12.0 Å². The van der Waals surface area contributed by atoms with E-state index in [1.165, 1.54) is 5.56 Å². The van der Waals surface area contributed by atoms with E-state index in [-0.39, 0.29) is 12.4 Å². The van der Waals surface area contributed by atoms with Gasteiger partial charge in [-0.05, 0) is 24.6 Å². The van der Waals surface area contributed by atoms with Crippen LogP contribution in [-0.2, 0) is 6.42 Å². The molecule has 0 aromatic heterocycles. The highest BCUT2D eigenvalue weighted by molar-refractivity contribution is 5.85. The largest absolute Gasteiger partial charge is 0.388 e. The van der Waals surface area contributed by atoms with Crippen LogP contribution in [-0.4, -0.2) is 6.54 Å². The zero-order chi connectivity index (χ0) is 10.1. The van der Waals surface area contributed by atoms with E-state index in [2.05, 4.69) is 48.3 Å². The molecule has 0 unspecified atom stereocenters. The van der Waals surface area contributed by atoms with Gasteiger partial charge in [0.15, 0.2) is 0 Å². The second kappa shape index (κ2) is 9.35. The van der Waals surface area contributed by atoms with Gasteiger partial charge in [0.1, 0.15) is 0 Å². The van der Waals surface area contributed by atoms with Crippen molar-refractivity contribution in [1.82, 2.24) is 5.32 Å². The Balaban J connectivity index is 0.00000196. The summed E-state index contributed by atoms with van der Waals surface area (Å²) in [7, 11) is 0. The highest BCUT2D eigenvalue weighted by Crippen LogP contribution is 2.02. The third-order valence-corrected chi connectivity index (χ3v) is 1.99. The van der Waals surface area contributed by atoms with Crippen LogP contribution in [0.25, 0.3) is 0 Å². The molecule has 0 aliphatic heterocycles. The quantitative estimate of drug-likeness (QED) is 0.576. The van der Waals surface area contributed by atoms with Gasteiger partial charge in [-0.2, -0.15) is 0 Å². The Hall–Kier alpha value is -1.21. The second-order valence-electron chi connectivity index (χ2n) is 3.11. The Kier molecular flexibility index (Phi) is 8.59. The van der Waals surface area contributed by atoms with E-state index in [1.807, 2.05) is 6.07 Å². The summed E-state index contributed by atoms with van der Waals surface area (Å²) < 4.78 is 0. The summed E-state index contributed by atoms with van der Waals surface area (Å²) in [5.74, 6) is 0. The molecule has 1 aromatic carbocycles. The van der Waals surface area contributed by atoms with Crippen molar-refractivity contribution in [3.8, 4) is 0 Å². The Labute approximate surface area is 98.3 Å². The fraction of sp³-hybridized carbons (Fsp3) is 0.231. The number of benzene rings is 1. The first-order valence-electron chi connectivity index (χ1n) is 4.96. The fourth-order valence-corrected chi connectivity index (χ4v) is 1.25. The molecule has 2 heteroatoms. The smallest absolute Gasteiger partial charge is 0.0325 e. The minimum atomic E-state index is 0. The SMILES string of the molecule is C=CNCC=CCCc1ccccc1.Cl. The van der Waals surface area contributed by atoms with Gasteiger partial charge in [-0.15, -0.1) is 12.4 Å². The van der Waals surface area contributed by atoms with Gasteiger partial charge in [0.25, 0.3) is 0 Å². The summed E-state index contributed by atoms with van der Waals surface area (Å²) in [5, 5.41) is 3.02. The van der Waals surface area contributed by atoms with Crippen LogP contribution in [0.1, 0.15) is 12.0 Å². The molecule has 0 aliphatic rings. The molecule has 1 rings (SSSR count). The van der Waals surface area contributed by atoms with E-state index in [0.29, 0.717) is 0 Å². The number of aryl methyl sites for hydroxylation is 1. The highest BCUT2D eigenvalue weighted by Gasteiger charge is 1.87. The summed E-state index contributed by atoms with van der Waals surface area (Å²) in [6.45, 7) is 4.45. The van der Waals surface area contributed by atoms with E-state index < -0.39 is 0 Å². The van der Waals surface area contributed by atoms with Crippen LogP contribution in [0.15, 0.2) is 55.3 Å². The molecule has 0 heterocycles. The molecule has 1 N–H and O–H groups in total. The van der Waals surface area contributed by atoms with E-state index >= 15 is 0 Å². The number of hydrogen-bond donors (Lipinski definition) is 1. The molecule has 0 saturated heterocycles. The summed E-state index contributed by atoms with van der Waals surface area (Å²) in [4.78, 5) is 0. The Morgan fingerprint density at radius 2 is 1.87 bits per heavy atom. The predicted molar refractivity (Wildman–Crippen MR) is 69.4 cm³/mol. The first-order valence-corrected chi connectivity index (χ1v) is 4.96. The van der Waals surface area contributed by atoms with Crippen molar-refractivity contribution in [3.05, 3.63) is 60.8 Å². The second-order valence-corrected chi connectivity index (χ2v) is 3.11. The molecule has 0 saturated carbocycles. The number of halogens is 1. The molecular formula is C13H18ClN. The molecule has 82 valence electrons. The zero-order valence-electron chi connectivity index (χ0n) is 8.86. The van der Waals surface area contributed by atoms with Crippen molar-refractivity contribution in [3.63, 3.8) is 0 Å². The van der Waals surface area contributed by atoms with E-state index in [9.17, 15) is 0 Å². The molecule has 0 amide bonds. The lowest BCUT2D eigenvalue weighted by Crippen LogP contribution is -2.02. The lowest BCUT2D eigenvalue weighted by Gasteiger charge is -1.96. The van der Waals surface area contributed by atoms with Crippen LogP contribution in [0.5, 0.6) is 0 Å². The molecule has 15 heavy (non-hydrogen) atoms. The van der Waals surface area contributed by atoms with Crippen molar-refractivity contribution < 1.29 is 0 Å². The lowest BCUT2D eigenvalue weighted by atomic mass is 10.1. The maximum absolute atomic E-state index is 3.58. The number of nitrogens with one attached hydrogen (secondary N) is 1. The van der Waals surface area contributed by atoms with Crippen LogP contribution in [0.2, 0.25) is 0 Å². The van der Waals surface area contributed by atoms with Gasteiger partial charge in [-0.3, -0.25) is 0 Å². The summed E-state index contributed by atoms with van der Waals surface area (Å²) in [6, 6.07) is 10.5. The average Bonchev–Trinajstić information content (AvgIpc) is 2.25. The monoisotopic (exact) mass is 223 g/mol. The van der Waals surface area contributed by atoms with Crippen LogP contribution < -0.4 is 5.32 Å². The van der Waals surface area contributed by atoms with E-state index in [4.69, 9.17) is 0 Å². The maximum Gasteiger partial charge on any atom is 0.0325 e. The Morgan fingerprint density at radius 3 is 2.53 bits per heavy atom. The van der Waals surface area contributed by atoms with Crippen LogP contribution >= 0.6 is 12.4 Å². The van der Waals surface area contributed by atoms with Gasteiger partial charge in [0, 0.05) is 6.54 Å². The normalized spacial score (nSPS) is 9.60. The highest BCUT2D eigenvalue weighted by atomic mass is 35.5. The van der Waals surface area contributed by atoms with Crippen LogP contribution in [0.3, 0.4) is 0 Å². The van der Waals surface area contributed by atoms with Gasteiger partial charge in [-0.25, -0.2) is 0 Å². The Morgan fingerprint density at radius 1 is 1.13 bits per heavy atom. The van der Waals surface area contributed by atoms with Gasteiger partial charge >= 0.3 is 0 Å². The lowest BCUT2D eigenvalue weighted by molar-refractivity contribution is 0.958. The van der Waals surface area contributed by atoms with Crippen LogP contribution in [0, 0.1) is 0 Å². The third-order valence-electron chi connectivity index (χ3n) is 1.99. The van der Waals surface area contributed by atoms with E-state index in [1.54, 1.807) is 6.20 Å². The number of hydrogen-bond acceptors (Lipinski definition) is 1. The maximum atomic E-state index is 3.58. The van der Waals surface area contributed by atoms with E-state index in [0.717, 1.165) is 19.4 Å². The molecule has 0 bridgehead atoms. The Bertz CT molecular complexity index is 280. The van der Waals surface area contributed by atoms with Crippen molar-refractivity contribution >= 4 is 12.4 Å². The van der Waals surface area contributed by atoms with Crippen LogP contribution in [0.4, 0.5) is 0 Å². The molecule has 0 atom stereocenters. The molecule has 0 aliphatic carbocycles. The van der Waals surface area contributed by atoms with Gasteiger partial charge < -0.3 is 5.32 Å². The van der Waals surface area contributed by atoms with Gasteiger partial charge in [-0.1, -0.05) is 49.1 Å². The first-order chi connectivity index (χ1) is 6.93. The van der Waals surface area contributed by atoms with Gasteiger partial charge in [0.2, 0.25) is 0 Å². The first kappa shape index (κ1) is 13.8. The minimum Gasteiger partial charge on any atom is -0.388 e. The molecule has 0 radical (unpaired) electrons. The van der Waals surface area contributed by atoms with Crippen molar-refractivity contribution in [2.45, 2.75) is 12.8 Å². The van der Waals surface area contributed by atoms with Gasteiger partial charge in [0.05, 0.1) is 0 Å². The average molecular weight is 224 g/mol. The van der Waals surface area contributed by atoms with Crippen molar-refractivity contribution in [1.29, 1.82) is 0 Å². The predicted octanol–water partition coefficient (Wildman–Crippen LogP) is 3.33. The zero-order valence-corrected chi connectivity index (χ0v) is 9.67. The third kappa shape index (κ3) is 6.81. The summed E-state index contributed by atoms with van der Waals surface area (Å²) in [5.41, 5.74) is 1.40. The van der Waals surface area contributed by atoms with Crippen molar-refractivity contribution in [2.24, 2.45) is 0 Å². The molecule has 0 fully saturated rings. The molecule has 1 nitrogen and oxygen atoms in total. The number of allylic oxidation sites excluding steroid dienone is 1. The molecular weight excluding hydrogens is 206 g/mol.